The van der Waals surface area contributed by atoms with Gasteiger partial charge in [-0.15, -0.1) is 0 Å². The van der Waals surface area contributed by atoms with Crippen LogP contribution >= 0.6 is 28.1 Å². The first-order valence-electron chi connectivity index (χ1n) is 5.91. The highest BCUT2D eigenvalue weighted by Crippen LogP contribution is 2.39. The molecule has 5 heteroatoms. The van der Waals surface area contributed by atoms with Crippen molar-refractivity contribution in [3.63, 3.8) is 0 Å². The van der Waals surface area contributed by atoms with Gasteiger partial charge in [-0.2, -0.15) is 0 Å². The Hall–Kier alpha value is -0.940. The summed E-state index contributed by atoms with van der Waals surface area (Å²) in [6.07, 6.45) is 3.51. The fraction of sp³-hybridized carbons (Fsp3) is 0.385. The maximum atomic E-state index is 12.4. The molecule has 0 atom stereocenters. The number of hydrogen-bond acceptors (Lipinski definition) is 2. The van der Waals surface area contributed by atoms with Crippen molar-refractivity contribution in [2.24, 2.45) is 11.1 Å². The van der Waals surface area contributed by atoms with E-state index in [-0.39, 0.29) is 5.91 Å². The van der Waals surface area contributed by atoms with Gasteiger partial charge in [0.15, 0.2) is 0 Å². The number of thiocarbonyl (C=S) groups is 1. The summed E-state index contributed by atoms with van der Waals surface area (Å²) in [7, 11) is 0. The van der Waals surface area contributed by atoms with Crippen LogP contribution in [-0.2, 0) is 4.79 Å². The van der Waals surface area contributed by atoms with Crippen LogP contribution in [-0.4, -0.2) is 10.9 Å². The number of nitrogens with two attached hydrogens (primary N) is 1. The van der Waals surface area contributed by atoms with Gasteiger partial charge in [0.2, 0.25) is 5.91 Å². The maximum Gasteiger partial charge on any atom is 0.237 e. The van der Waals surface area contributed by atoms with Crippen LogP contribution in [0.2, 0.25) is 0 Å². The zero-order chi connectivity index (χ0) is 13.2. The summed E-state index contributed by atoms with van der Waals surface area (Å²) < 4.78 is 0.927. The summed E-state index contributed by atoms with van der Waals surface area (Å²) in [6.45, 7) is 0. The van der Waals surface area contributed by atoms with Crippen molar-refractivity contribution in [3.8, 4) is 0 Å². The predicted octanol–water partition coefficient (Wildman–Crippen LogP) is 3.23. The molecule has 0 radical (unpaired) electrons. The Labute approximate surface area is 120 Å². The minimum Gasteiger partial charge on any atom is -0.392 e. The number of benzene rings is 1. The monoisotopic (exact) mass is 326 g/mol. The number of hydrogen-bond donors (Lipinski definition) is 2. The third-order valence-electron chi connectivity index (χ3n) is 3.45. The summed E-state index contributed by atoms with van der Waals surface area (Å²) >= 11 is 8.47. The highest BCUT2D eigenvalue weighted by molar-refractivity contribution is 9.10. The molecule has 0 aromatic heterocycles. The topological polar surface area (TPSA) is 55.1 Å². The van der Waals surface area contributed by atoms with Gasteiger partial charge in [0.25, 0.3) is 0 Å². The fourth-order valence-electron chi connectivity index (χ4n) is 2.38. The number of carbonyl (C=O) groups excluding carboxylic acids is 1. The molecule has 1 saturated carbocycles. The highest BCUT2D eigenvalue weighted by Gasteiger charge is 2.43. The van der Waals surface area contributed by atoms with Gasteiger partial charge in [0.1, 0.15) is 0 Å². The lowest BCUT2D eigenvalue weighted by Gasteiger charge is -2.26. The van der Waals surface area contributed by atoms with Crippen LogP contribution in [0.4, 0.5) is 5.69 Å². The molecule has 0 spiro atoms. The van der Waals surface area contributed by atoms with E-state index < -0.39 is 5.41 Å². The van der Waals surface area contributed by atoms with Crippen LogP contribution in [0.15, 0.2) is 28.7 Å². The minimum atomic E-state index is -0.655. The van der Waals surface area contributed by atoms with E-state index in [9.17, 15) is 4.79 Å². The lowest BCUT2D eigenvalue weighted by Crippen LogP contribution is -2.43. The average molecular weight is 327 g/mol. The van der Waals surface area contributed by atoms with Crippen molar-refractivity contribution in [2.45, 2.75) is 25.7 Å². The normalized spacial score (nSPS) is 17.4. The van der Waals surface area contributed by atoms with Crippen LogP contribution < -0.4 is 11.1 Å². The highest BCUT2D eigenvalue weighted by atomic mass is 79.9. The Balaban J connectivity index is 2.18. The molecule has 1 aliphatic carbocycles. The zero-order valence-electron chi connectivity index (χ0n) is 9.91. The fourth-order valence-corrected chi connectivity index (χ4v) is 3.08. The third kappa shape index (κ3) is 2.57. The van der Waals surface area contributed by atoms with Crippen molar-refractivity contribution in [1.82, 2.24) is 0 Å². The van der Waals surface area contributed by atoms with Gasteiger partial charge in [-0.25, -0.2) is 0 Å². The molecule has 3 N–H and O–H groups in total. The number of nitrogens with one attached hydrogen (secondary N) is 1. The number of carbonyl (C=O) groups is 1. The molecule has 0 saturated heterocycles. The second-order valence-corrected chi connectivity index (χ2v) is 5.97. The Morgan fingerprint density at radius 3 is 2.61 bits per heavy atom. The Morgan fingerprint density at radius 1 is 1.39 bits per heavy atom. The van der Waals surface area contributed by atoms with Gasteiger partial charge in [-0.1, -0.05) is 47.1 Å². The van der Waals surface area contributed by atoms with Crippen LogP contribution in [0.5, 0.6) is 0 Å². The molecular formula is C13H15BrN2OS. The molecule has 0 unspecified atom stereocenters. The van der Waals surface area contributed by atoms with Gasteiger partial charge in [0, 0.05) is 10.2 Å². The van der Waals surface area contributed by atoms with Gasteiger partial charge in [0.05, 0.1) is 10.4 Å². The van der Waals surface area contributed by atoms with E-state index in [0.717, 1.165) is 35.8 Å². The van der Waals surface area contributed by atoms with Crippen LogP contribution in [0.25, 0.3) is 0 Å². The minimum absolute atomic E-state index is 0.0781. The van der Waals surface area contributed by atoms with E-state index in [2.05, 4.69) is 21.2 Å². The van der Waals surface area contributed by atoms with Gasteiger partial charge in [-0.3, -0.25) is 4.79 Å². The second kappa shape index (κ2) is 5.36. The quantitative estimate of drug-likeness (QED) is 0.838. The van der Waals surface area contributed by atoms with E-state index in [4.69, 9.17) is 18.0 Å². The van der Waals surface area contributed by atoms with E-state index >= 15 is 0 Å². The average Bonchev–Trinajstić information content (AvgIpc) is 2.79. The number of halogens is 1. The van der Waals surface area contributed by atoms with Gasteiger partial charge < -0.3 is 11.1 Å². The van der Waals surface area contributed by atoms with Gasteiger partial charge >= 0.3 is 0 Å². The molecule has 3 nitrogen and oxygen atoms in total. The number of anilines is 1. The molecule has 96 valence electrons. The van der Waals surface area contributed by atoms with Crippen molar-refractivity contribution in [3.05, 3.63) is 28.7 Å². The molecule has 0 bridgehead atoms. The molecule has 1 fully saturated rings. The lowest BCUT2D eigenvalue weighted by atomic mass is 9.85. The molecule has 0 aliphatic heterocycles. The predicted molar refractivity (Wildman–Crippen MR) is 80.5 cm³/mol. The summed E-state index contributed by atoms with van der Waals surface area (Å²) in [5.74, 6) is -0.0781. The molecule has 1 aromatic carbocycles. The number of amides is 1. The molecule has 1 aromatic rings. The second-order valence-electron chi connectivity index (χ2n) is 4.62. The molecule has 1 amide bonds. The molecular weight excluding hydrogens is 312 g/mol. The standard InChI is InChI=1S/C13H15BrN2OS/c14-9-4-3-5-10(8-9)16-12(17)13(11(15)18)6-1-2-7-13/h3-5,8H,1-2,6-7H2,(H2,15,18)(H,16,17). The lowest BCUT2D eigenvalue weighted by molar-refractivity contribution is -0.122. The smallest absolute Gasteiger partial charge is 0.237 e. The SMILES string of the molecule is NC(=S)C1(C(=O)Nc2cccc(Br)c2)CCCC1. The Kier molecular flexibility index (Phi) is 4.02. The van der Waals surface area contributed by atoms with Crippen LogP contribution in [0.1, 0.15) is 25.7 Å². The first-order chi connectivity index (χ1) is 8.54. The number of rotatable bonds is 3. The van der Waals surface area contributed by atoms with E-state index in [1.54, 1.807) is 0 Å². The third-order valence-corrected chi connectivity index (χ3v) is 4.33. The van der Waals surface area contributed by atoms with E-state index in [1.807, 2.05) is 24.3 Å². The maximum absolute atomic E-state index is 12.4. The van der Waals surface area contributed by atoms with E-state index in [1.165, 1.54) is 0 Å². The van der Waals surface area contributed by atoms with E-state index in [0.29, 0.717) is 4.99 Å². The molecule has 0 heterocycles. The summed E-state index contributed by atoms with van der Waals surface area (Å²) in [4.78, 5) is 12.7. The Morgan fingerprint density at radius 2 is 2.06 bits per heavy atom. The summed E-state index contributed by atoms with van der Waals surface area (Å²) in [6, 6.07) is 7.50. The van der Waals surface area contributed by atoms with Gasteiger partial charge in [-0.05, 0) is 31.0 Å². The molecule has 1 aliphatic rings. The molecule has 18 heavy (non-hydrogen) atoms. The van der Waals surface area contributed by atoms with Crippen LogP contribution in [0, 0.1) is 5.41 Å². The first kappa shape index (κ1) is 13.5. The van der Waals surface area contributed by atoms with Crippen molar-refractivity contribution in [1.29, 1.82) is 0 Å². The zero-order valence-corrected chi connectivity index (χ0v) is 12.3. The van der Waals surface area contributed by atoms with Crippen molar-refractivity contribution >= 4 is 44.7 Å². The van der Waals surface area contributed by atoms with Crippen LogP contribution in [0.3, 0.4) is 0 Å². The first-order valence-corrected chi connectivity index (χ1v) is 7.12. The van der Waals surface area contributed by atoms with Crippen molar-refractivity contribution in [2.75, 3.05) is 5.32 Å². The summed E-state index contributed by atoms with van der Waals surface area (Å²) in [5.41, 5.74) is 5.88. The Bertz CT molecular complexity index is 484. The van der Waals surface area contributed by atoms with Crippen molar-refractivity contribution < 1.29 is 4.79 Å². The summed E-state index contributed by atoms with van der Waals surface area (Å²) in [5, 5.41) is 2.91. The molecule has 2 rings (SSSR count). The largest absolute Gasteiger partial charge is 0.392 e.